The van der Waals surface area contributed by atoms with Crippen molar-refractivity contribution < 1.29 is 14.2 Å². The number of allylic oxidation sites excluding steroid dienone is 1. The molecule has 0 aliphatic rings. The van der Waals surface area contributed by atoms with Crippen molar-refractivity contribution in [1.29, 1.82) is 0 Å². The van der Waals surface area contributed by atoms with Crippen LogP contribution in [0, 0.1) is 5.92 Å². The second-order valence-corrected chi connectivity index (χ2v) is 5.64. The third-order valence-corrected chi connectivity index (χ3v) is 3.85. The van der Waals surface area contributed by atoms with Crippen LogP contribution in [0.5, 0.6) is 0 Å². The first kappa shape index (κ1) is 20.5. The highest BCUT2D eigenvalue weighted by Crippen LogP contribution is 2.22. The molecular weight excluding hydrogens is 264 g/mol. The maximum atomic E-state index is 5.46. The second kappa shape index (κ2) is 15.8. The number of methoxy groups -OCH3 is 2. The number of unbranched alkanes of at least 4 members (excludes halogenated alkanes) is 5. The molecule has 21 heavy (non-hydrogen) atoms. The maximum absolute atomic E-state index is 5.46. The average molecular weight is 300 g/mol. The van der Waals surface area contributed by atoms with Crippen molar-refractivity contribution in [2.45, 2.75) is 77.9 Å². The van der Waals surface area contributed by atoms with E-state index in [0.29, 0.717) is 5.92 Å². The predicted molar refractivity (Wildman–Crippen MR) is 89.3 cm³/mol. The van der Waals surface area contributed by atoms with Crippen LogP contribution in [0.1, 0.15) is 71.6 Å². The molecule has 0 amide bonds. The molecule has 0 spiro atoms. The Morgan fingerprint density at radius 1 is 0.857 bits per heavy atom. The van der Waals surface area contributed by atoms with E-state index in [0.717, 1.165) is 19.4 Å². The lowest BCUT2D eigenvalue weighted by molar-refractivity contribution is -0.141. The maximum Gasteiger partial charge on any atom is 0.159 e. The van der Waals surface area contributed by atoms with Gasteiger partial charge < -0.3 is 14.2 Å². The largest absolute Gasteiger partial charge is 0.502 e. The smallest absolute Gasteiger partial charge is 0.159 e. The Bertz CT molecular complexity index is 225. The monoisotopic (exact) mass is 300 g/mol. The Morgan fingerprint density at radius 3 is 2.10 bits per heavy atom. The molecule has 0 saturated carbocycles. The van der Waals surface area contributed by atoms with Crippen molar-refractivity contribution in [2.75, 3.05) is 20.8 Å². The molecule has 3 heteroatoms. The third kappa shape index (κ3) is 11.8. The van der Waals surface area contributed by atoms with E-state index >= 15 is 0 Å². The van der Waals surface area contributed by atoms with Crippen LogP contribution in [-0.4, -0.2) is 27.1 Å². The minimum atomic E-state index is -0.0811. The molecule has 0 bridgehead atoms. The molecule has 0 saturated heterocycles. The molecule has 0 radical (unpaired) electrons. The summed E-state index contributed by atoms with van der Waals surface area (Å²) in [6, 6.07) is 0. The summed E-state index contributed by atoms with van der Waals surface area (Å²) < 4.78 is 16.3. The highest BCUT2D eigenvalue weighted by Gasteiger charge is 2.20. The Kier molecular flexibility index (Phi) is 15.4. The normalized spacial score (nSPS) is 13.2. The van der Waals surface area contributed by atoms with Gasteiger partial charge in [0, 0.05) is 20.1 Å². The SMILES string of the molecule is CC=COCCCC(CCCCCCCC)C(OC)OC. The molecule has 1 unspecified atom stereocenters. The van der Waals surface area contributed by atoms with Gasteiger partial charge in [-0.1, -0.05) is 51.5 Å². The van der Waals surface area contributed by atoms with Gasteiger partial charge in [0.05, 0.1) is 12.9 Å². The van der Waals surface area contributed by atoms with Crippen molar-refractivity contribution in [2.24, 2.45) is 5.92 Å². The van der Waals surface area contributed by atoms with Gasteiger partial charge in [0.2, 0.25) is 0 Å². The molecule has 0 aliphatic heterocycles. The van der Waals surface area contributed by atoms with Gasteiger partial charge in [-0.2, -0.15) is 0 Å². The van der Waals surface area contributed by atoms with Crippen molar-refractivity contribution in [3.05, 3.63) is 12.3 Å². The van der Waals surface area contributed by atoms with Gasteiger partial charge in [-0.05, 0) is 26.2 Å². The summed E-state index contributed by atoms with van der Waals surface area (Å²) in [7, 11) is 3.47. The first-order chi connectivity index (χ1) is 10.3. The Labute approximate surface area is 132 Å². The molecule has 0 aromatic heterocycles. The van der Waals surface area contributed by atoms with E-state index in [-0.39, 0.29) is 6.29 Å². The molecule has 0 aromatic carbocycles. The fourth-order valence-corrected chi connectivity index (χ4v) is 2.68. The van der Waals surface area contributed by atoms with Crippen LogP contribution in [0.2, 0.25) is 0 Å². The summed E-state index contributed by atoms with van der Waals surface area (Å²) in [4.78, 5) is 0. The van der Waals surface area contributed by atoms with Crippen molar-refractivity contribution in [1.82, 2.24) is 0 Å². The van der Waals surface area contributed by atoms with Crippen LogP contribution in [0.3, 0.4) is 0 Å². The number of ether oxygens (including phenoxy) is 3. The zero-order valence-electron chi connectivity index (χ0n) is 14.6. The zero-order valence-corrected chi connectivity index (χ0v) is 14.6. The summed E-state index contributed by atoms with van der Waals surface area (Å²) in [5.74, 6) is 0.473. The minimum absolute atomic E-state index is 0.0811. The first-order valence-corrected chi connectivity index (χ1v) is 8.58. The summed E-state index contributed by atoms with van der Waals surface area (Å²) in [6.07, 6.45) is 14.9. The Balaban J connectivity index is 3.91. The lowest BCUT2D eigenvalue weighted by atomic mass is 9.95. The van der Waals surface area contributed by atoms with Crippen LogP contribution in [-0.2, 0) is 14.2 Å². The van der Waals surface area contributed by atoms with Crippen LogP contribution < -0.4 is 0 Å². The molecule has 3 nitrogen and oxygen atoms in total. The quantitative estimate of drug-likeness (QED) is 0.233. The van der Waals surface area contributed by atoms with Gasteiger partial charge in [0.25, 0.3) is 0 Å². The minimum Gasteiger partial charge on any atom is -0.502 e. The van der Waals surface area contributed by atoms with Gasteiger partial charge in [-0.25, -0.2) is 0 Å². The molecule has 0 N–H and O–H groups in total. The van der Waals surface area contributed by atoms with Crippen LogP contribution in [0.25, 0.3) is 0 Å². The van der Waals surface area contributed by atoms with E-state index in [4.69, 9.17) is 14.2 Å². The summed E-state index contributed by atoms with van der Waals surface area (Å²) in [5, 5.41) is 0. The van der Waals surface area contributed by atoms with E-state index in [1.165, 1.54) is 44.9 Å². The van der Waals surface area contributed by atoms with E-state index in [1.807, 2.05) is 13.0 Å². The topological polar surface area (TPSA) is 27.7 Å². The second-order valence-electron chi connectivity index (χ2n) is 5.64. The molecule has 0 fully saturated rings. The van der Waals surface area contributed by atoms with Gasteiger partial charge in [-0.15, -0.1) is 0 Å². The van der Waals surface area contributed by atoms with Gasteiger partial charge in [0.1, 0.15) is 0 Å². The standard InChI is InChI=1S/C18H36O3/c1-5-7-8-9-10-11-13-17(18(19-3)20-4)14-12-16-21-15-6-2/h6,15,17-18H,5,7-14,16H2,1-4H3. The molecule has 0 heterocycles. The molecule has 0 rings (SSSR count). The number of rotatable bonds is 15. The molecule has 1 atom stereocenters. The Morgan fingerprint density at radius 2 is 1.48 bits per heavy atom. The average Bonchev–Trinajstić information content (AvgIpc) is 2.50. The van der Waals surface area contributed by atoms with E-state index in [2.05, 4.69) is 6.92 Å². The van der Waals surface area contributed by atoms with E-state index in [9.17, 15) is 0 Å². The lowest BCUT2D eigenvalue weighted by Gasteiger charge is -2.24. The van der Waals surface area contributed by atoms with Crippen LogP contribution in [0.15, 0.2) is 12.3 Å². The number of hydrogen-bond donors (Lipinski definition) is 0. The van der Waals surface area contributed by atoms with Crippen LogP contribution >= 0.6 is 0 Å². The summed E-state index contributed by atoms with van der Waals surface area (Å²) in [5.41, 5.74) is 0. The molecule has 126 valence electrons. The fourth-order valence-electron chi connectivity index (χ4n) is 2.68. The number of hydrogen-bond acceptors (Lipinski definition) is 3. The molecular formula is C18H36O3. The summed E-state index contributed by atoms with van der Waals surface area (Å²) >= 11 is 0. The van der Waals surface area contributed by atoms with E-state index in [1.54, 1.807) is 20.5 Å². The van der Waals surface area contributed by atoms with Crippen molar-refractivity contribution in [3.8, 4) is 0 Å². The fraction of sp³-hybridized carbons (Fsp3) is 0.889. The van der Waals surface area contributed by atoms with Crippen molar-refractivity contribution in [3.63, 3.8) is 0 Å². The predicted octanol–water partition coefficient (Wildman–Crippen LogP) is 5.30. The van der Waals surface area contributed by atoms with Gasteiger partial charge in [-0.3, -0.25) is 0 Å². The van der Waals surface area contributed by atoms with Gasteiger partial charge in [0.15, 0.2) is 6.29 Å². The highest BCUT2D eigenvalue weighted by molar-refractivity contribution is 4.67. The zero-order chi connectivity index (χ0) is 15.8. The third-order valence-electron chi connectivity index (χ3n) is 3.85. The molecule has 0 aromatic rings. The van der Waals surface area contributed by atoms with Gasteiger partial charge >= 0.3 is 0 Å². The van der Waals surface area contributed by atoms with Crippen molar-refractivity contribution >= 4 is 0 Å². The highest BCUT2D eigenvalue weighted by atomic mass is 16.7. The molecule has 0 aliphatic carbocycles. The Hall–Kier alpha value is -0.540. The first-order valence-electron chi connectivity index (χ1n) is 8.58. The van der Waals surface area contributed by atoms with E-state index < -0.39 is 0 Å². The van der Waals surface area contributed by atoms with Crippen LogP contribution in [0.4, 0.5) is 0 Å². The lowest BCUT2D eigenvalue weighted by Crippen LogP contribution is -2.25. The summed E-state index contributed by atoms with van der Waals surface area (Å²) in [6.45, 7) is 5.00.